The molecule has 0 saturated carbocycles. The normalized spacial score (nSPS) is 15.7. The minimum Gasteiger partial charge on any atom is -0.394 e. The average Bonchev–Trinajstić information content (AvgIpc) is 2.68. The number of aliphatic hydroxyl groups is 1. The van der Waals surface area contributed by atoms with Crippen LogP contribution in [0.15, 0.2) is 18.2 Å². The van der Waals surface area contributed by atoms with Crippen LogP contribution in [0.25, 0.3) is 0 Å². The molecule has 150 valence electrons. The number of benzene rings is 1. The molecular weight excluding hydrogens is 401 g/mol. The van der Waals surface area contributed by atoms with Gasteiger partial charge in [-0.2, -0.15) is 0 Å². The number of nitrogens with two attached hydrogens (primary N) is 1. The summed E-state index contributed by atoms with van der Waals surface area (Å²) in [7, 11) is 0. The molecule has 0 radical (unpaired) electrons. The standard InChI is InChI=1S/C19H23Cl2N5O2/c1-10(9-27)23-19-24-16-8-26(18(22)28)6-5-13(16)17(25-19)11(2)12-3-4-14(20)15(21)7-12/h3-4,7,10-11,27H,5-6,8-9H2,1-2H3,(H2,22,28)(H,23,24,25)/t10-,11+/m0/s1. The largest absolute Gasteiger partial charge is 0.394 e. The van der Waals surface area contributed by atoms with Crippen molar-refractivity contribution in [3.63, 3.8) is 0 Å². The average molecular weight is 424 g/mol. The van der Waals surface area contributed by atoms with Gasteiger partial charge in [-0.1, -0.05) is 36.2 Å². The second-order valence-corrected chi connectivity index (χ2v) is 7.81. The Bertz CT molecular complexity index is 893. The van der Waals surface area contributed by atoms with Crippen LogP contribution in [0.3, 0.4) is 0 Å². The zero-order valence-electron chi connectivity index (χ0n) is 15.7. The molecule has 0 fully saturated rings. The number of carbonyl (C=O) groups excluding carboxylic acids is 1. The summed E-state index contributed by atoms with van der Waals surface area (Å²) in [4.78, 5) is 22.5. The molecule has 0 spiro atoms. The summed E-state index contributed by atoms with van der Waals surface area (Å²) >= 11 is 12.2. The lowest BCUT2D eigenvalue weighted by Crippen LogP contribution is -2.40. The first-order valence-electron chi connectivity index (χ1n) is 9.06. The molecular formula is C19H23Cl2N5O2. The lowest BCUT2D eigenvalue weighted by Gasteiger charge is -2.29. The van der Waals surface area contributed by atoms with Crippen LogP contribution in [0.4, 0.5) is 10.7 Å². The fourth-order valence-electron chi connectivity index (χ4n) is 3.28. The predicted octanol–water partition coefficient (Wildman–Crippen LogP) is 3.16. The number of aromatic nitrogens is 2. The van der Waals surface area contributed by atoms with E-state index in [-0.39, 0.29) is 18.6 Å². The second-order valence-electron chi connectivity index (χ2n) is 6.99. The highest BCUT2D eigenvalue weighted by Gasteiger charge is 2.27. The fourth-order valence-corrected chi connectivity index (χ4v) is 3.58. The number of nitrogens with one attached hydrogen (secondary N) is 1. The molecule has 4 N–H and O–H groups in total. The molecule has 1 aliphatic rings. The maximum Gasteiger partial charge on any atom is 0.315 e. The van der Waals surface area contributed by atoms with Crippen LogP contribution in [-0.4, -0.2) is 45.2 Å². The topological polar surface area (TPSA) is 104 Å². The molecule has 3 rings (SSSR count). The van der Waals surface area contributed by atoms with Crippen molar-refractivity contribution in [2.45, 2.75) is 38.8 Å². The van der Waals surface area contributed by atoms with E-state index in [1.807, 2.05) is 26.0 Å². The van der Waals surface area contributed by atoms with E-state index in [2.05, 4.69) is 10.3 Å². The SMILES string of the molecule is C[C@H](c1ccc(Cl)c(Cl)c1)c1nc(N[C@@H](C)CO)nc2c1CCN(C(N)=O)C2. The van der Waals surface area contributed by atoms with E-state index in [0.29, 0.717) is 35.5 Å². The summed E-state index contributed by atoms with van der Waals surface area (Å²) in [6.45, 7) is 4.68. The van der Waals surface area contributed by atoms with Gasteiger partial charge in [-0.3, -0.25) is 0 Å². The minimum atomic E-state index is -0.471. The Hall–Kier alpha value is -2.09. The smallest absolute Gasteiger partial charge is 0.315 e. The number of primary amides is 1. The number of hydrogen-bond donors (Lipinski definition) is 3. The van der Waals surface area contributed by atoms with Gasteiger partial charge in [0.25, 0.3) is 0 Å². The number of urea groups is 1. The van der Waals surface area contributed by atoms with Crippen molar-refractivity contribution in [1.29, 1.82) is 0 Å². The highest BCUT2D eigenvalue weighted by molar-refractivity contribution is 6.42. The minimum absolute atomic E-state index is 0.0501. The van der Waals surface area contributed by atoms with Gasteiger partial charge in [0.2, 0.25) is 5.95 Å². The van der Waals surface area contributed by atoms with Gasteiger partial charge in [0, 0.05) is 18.5 Å². The third-order valence-corrected chi connectivity index (χ3v) is 5.65. The number of carbonyl (C=O) groups is 1. The maximum absolute atomic E-state index is 11.6. The number of anilines is 1. The Morgan fingerprint density at radius 1 is 1.32 bits per heavy atom. The summed E-state index contributed by atoms with van der Waals surface area (Å²) in [6, 6.07) is 4.86. The Kier molecular flexibility index (Phi) is 6.27. The van der Waals surface area contributed by atoms with E-state index in [4.69, 9.17) is 33.9 Å². The molecule has 0 aliphatic carbocycles. The van der Waals surface area contributed by atoms with Gasteiger partial charge in [-0.05, 0) is 36.6 Å². The van der Waals surface area contributed by atoms with Gasteiger partial charge in [0.15, 0.2) is 0 Å². The van der Waals surface area contributed by atoms with Crippen molar-refractivity contribution >= 4 is 35.2 Å². The zero-order chi connectivity index (χ0) is 20.4. The first-order valence-corrected chi connectivity index (χ1v) is 9.82. The Labute approximate surface area is 173 Å². The molecule has 1 aromatic carbocycles. The van der Waals surface area contributed by atoms with Crippen molar-refractivity contribution in [2.75, 3.05) is 18.5 Å². The molecule has 1 aromatic heterocycles. The van der Waals surface area contributed by atoms with Gasteiger partial charge < -0.3 is 21.1 Å². The second kappa shape index (κ2) is 8.51. The molecule has 0 unspecified atom stereocenters. The number of amides is 2. The van der Waals surface area contributed by atoms with Crippen LogP contribution in [0, 0.1) is 0 Å². The van der Waals surface area contributed by atoms with E-state index in [0.717, 1.165) is 22.5 Å². The van der Waals surface area contributed by atoms with Crippen LogP contribution < -0.4 is 11.1 Å². The Morgan fingerprint density at radius 2 is 2.07 bits per heavy atom. The molecule has 7 nitrogen and oxygen atoms in total. The molecule has 2 amide bonds. The summed E-state index contributed by atoms with van der Waals surface area (Å²) in [5.74, 6) is 0.352. The third-order valence-electron chi connectivity index (χ3n) is 4.91. The van der Waals surface area contributed by atoms with Crippen LogP contribution in [-0.2, 0) is 13.0 Å². The van der Waals surface area contributed by atoms with Crippen molar-refractivity contribution in [3.8, 4) is 0 Å². The van der Waals surface area contributed by atoms with E-state index < -0.39 is 6.03 Å². The van der Waals surface area contributed by atoms with Crippen molar-refractivity contribution < 1.29 is 9.90 Å². The van der Waals surface area contributed by atoms with Gasteiger partial charge in [0.05, 0.1) is 34.6 Å². The molecule has 2 atom stereocenters. The number of rotatable bonds is 5. The van der Waals surface area contributed by atoms with Gasteiger partial charge >= 0.3 is 6.03 Å². The van der Waals surface area contributed by atoms with E-state index in [1.165, 1.54) is 0 Å². The Morgan fingerprint density at radius 3 is 2.71 bits per heavy atom. The van der Waals surface area contributed by atoms with Crippen LogP contribution in [0.2, 0.25) is 10.0 Å². The zero-order valence-corrected chi connectivity index (χ0v) is 17.3. The van der Waals surface area contributed by atoms with E-state index in [9.17, 15) is 9.90 Å². The van der Waals surface area contributed by atoms with E-state index in [1.54, 1.807) is 11.0 Å². The number of halogens is 2. The quantitative estimate of drug-likeness (QED) is 0.684. The Balaban J connectivity index is 2.05. The molecule has 9 heteroatoms. The van der Waals surface area contributed by atoms with E-state index >= 15 is 0 Å². The number of aliphatic hydroxyl groups excluding tert-OH is 1. The van der Waals surface area contributed by atoms with Gasteiger partial charge in [-0.15, -0.1) is 0 Å². The molecule has 28 heavy (non-hydrogen) atoms. The molecule has 1 aliphatic heterocycles. The lowest BCUT2D eigenvalue weighted by molar-refractivity contribution is 0.201. The summed E-state index contributed by atoms with van der Waals surface area (Å²) in [5.41, 5.74) is 9.06. The number of nitrogens with zero attached hydrogens (tertiary/aromatic N) is 3. The highest BCUT2D eigenvalue weighted by Crippen LogP contribution is 2.33. The lowest BCUT2D eigenvalue weighted by atomic mass is 9.91. The monoisotopic (exact) mass is 423 g/mol. The first-order chi connectivity index (χ1) is 13.3. The predicted molar refractivity (Wildman–Crippen MR) is 110 cm³/mol. The molecule has 2 heterocycles. The van der Waals surface area contributed by atoms with Gasteiger partial charge in [0.1, 0.15) is 0 Å². The summed E-state index contributed by atoms with van der Waals surface area (Å²) < 4.78 is 0. The highest BCUT2D eigenvalue weighted by atomic mass is 35.5. The van der Waals surface area contributed by atoms with Crippen molar-refractivity contribution in [2.24, 2.45) is 5.73 Å². The molecule has 2 aromatic rings. The molecule has 0 saturated heterocycles. The van der Waals surface area contributed by atoms with Crippen molar-refractivity contribution in [3.05, 3.63) is 50.8 Å². The maximum atomic E-state index is 11.6. The number of hydrogen-bond acceptors (Lipinski definition) is 5. The van der Waals surface area contributed by atoms with Crippen LogP contribution >= 0.6 is 23.2 Å². The summed E-state index contributed by atoms with van der Waals surface area (Å²) in [5, 5.41) is 13.4. The fraction of sp³-hybridized carbons (Fsp3) is 0.421. The third kappa shape index (κ3) is 4.32. The van der Waals surface area contributed by atoms with Crippen LogP contribution in [0.5, 0.6) is 0 Å². The van der Waals surface area contributed by atoms with Gasteiger partial charge in [-0.25, -0.2) is 14.8 Å². The molecule has 0 bridgehead atoms. The van der Waals surface area contributed by atoms with Crippen LogP contribution in [0.1, 0.15) is 42.3 Å². The number of fused-ring (bicyclic) bond motifs is 1. The van der Waals surface area contributed by atoms with Crippen molar-refractivity contribution in [1.82, 2.24) is 14.9 Å². The first kappa shape index (κ1) is 20.6. The summed E-state index contributed by atoms with van der Waals surface area (Å²) in [6.07, 6.45) is 0.620.